The van der Waals surface area contributed by atoms with E-state index in [2.05, 4.69) is 29.5 Å². The van der Waals surface area contributed by atoms with Crippen molar-refractivity contribution in [2.45, 2.75) is 32.7 Å². The second-order valence-electron chi connectivity index (χ2n) is 5.57. The average Bonchev–Trinajstić information content (AvgIpc) is 2.37. The van der Waals surface area contributed by atoms with Crippen LogP contribution < -0.4 is 15.4 Å². The van der Waals surface area contributed by atoms with Crippen LogP contribution in [0.5, 0.6) is 5.88 Å². The molecule has 18 heavy (non-hydrogen) atoms. The summed E-state index contributed by atoms with van der Waals surface area (Å²) in [6.07, 6.45) is 4.32. The molecule has 1 saturated heterocycles. The molecule has 0 amide bonds. The fraction of sp³-hybridized carbons (Fsp3) is 0.643. The van der Waals surface area contributed by atoms with Gasteiger partial charge in [-0.3, -0.25) is 0 Å². The minimum atomic E-state index is 0.350. The number of aromatic nitrogens is 1. The summed E-state index contributed by atoms with van der Waals surface area (Å²) in [5.41, 5.74) is 1.41. The van der Waals surface area contributed by atoms with Crippen LogP contribution in [0, 0.1) is 5.41 Å². The van der Waals surface area contributed by atoms with Gasteiger partial charge in [-0.1, -0.05) is 13.8 Å². The molecule has 4 heteroatoms. The number of nitrogens with one attached hydrogen (secondary N) is 2. The highest BCUT2D eigenvalue weighted by molar-refractivity contribution is 5.45. The Kier molecular flexibility index (Phi) is 4.07. The van der Waals surface area contributed by atoms with E-state index >= 15 is 0 Å². The van der Waals surface area contributed by atoms with Gasteiger partial charge in [0.05, 0.1) is 7.11 Å². The number of hydrogen-bond donors (Lipinski definition) is 2. The first-order valence-corrected chi connectivity index (χ1v) is 6.59. The van der Waals surface area contributed by atoms with Crippen LogP contribution in [-0.2, 0) is 0 Å². The molecule has 1 atom stereocenters. The van der Waals surface area contributed by atoms with Crippen molar-refractivity contribution in [3.63, 3.8) is 0 Å². The van der Waals surface area contributed by atoms with E-state index < -0.39 is 0 Å². The third-order valence-corrected chi connectivity index (χ3v) is 3.79. The van der Waals surface area contributed by atoms with E-state index in [1.165, 1.54) is 12.8 Å². The lowest BCUT2D eigenvalue weighted by Crippen LogP contribution is -2.50. The Labute approximate surface area is 109 Å². The maximum Gasteiger partial charge on any atom is 0.214 e. The smallest absolute Gasteiger partial charge is 0.214 e. The van der Waals surface area contributed by atoms with Gasteiger partial charge in [0.25, 0.3) is 0 Å². The lowest BCUT2D eigenvalue weighted by Gasteiger charge is -2.39. The van der Waals surface area contributed by atoms with Crippen molar-refractivity contribution in [3.05, 3.63) is 18.3 Å². The first-order valence-electron chi connectivity index (χ1n) is 6.59. The van der Waals surface area contributed by atoms with Crippen LogP contribution in [0.25, 0.3) is 0 Å². The Morgan fingerprint density at radius 1 is 1.56 bits per heavy atom. The first kappa shape index (κ1) is 13.1. The van der Waals surface area contributed by atoms with E-state index in [1.54, 1.807) is 13.3 Å². The molecule has 2 heterocycles. The van der Waals surface area contributed by atoms with E-state index in [0.29, 0.717) is 17.3 Å². The quantitative estimate of drug-likeness (QED) is 0.859. The number of rotatable bonds is 4. The number of methoxy groups -OCH3 is 1. The molecule has 0 spiro atoms. The maximum atomic E-state index is 5.12. The lowest BCUT2D eigenvalue weighted by molar-refractivity contribution is 0.188. The summed E-state index contributed by atoms with van der Waals surface area (Å²) in [7, 11) is 1.64. The summed E-state index contributed by atoms with van der Waals surface area (Å²) in [6.45, 7) is 6.72. The van der Waals surface area contributed by atoms with Crippen molar-refractivity contribution in [2.24, 2.45) is 5.41 Å². The molecule has 2 rings (SSSR count). The fourth-order valence-electron chi connectivity index (χ4n) is 2.47. The van der Waals surface area contributed by atoms with E-state index in [4.69, 9.17) is 4.74 Å². The Bertz CT molecular complexity index is 392. The van der Waals surface area contributed by atoms with Gasteiger partial charge >= 0.3 is 0 Å². The SMILES string of the molecule is COc1cc(NCC2NCCCC2(C)C)ccn1. The Hall–Kier alpha value is -1.29. The number of hydrogen-bond acceptors (Lipinski definition) is 4. The summed E-state index contributed by atoms with van der Waals surface area (Å²) in [6, 6.07) is 4.40. The maximum absolute atomic E-state index is 5.12. The molecule has 0 bridgehead atoms. The first-order chi connectivity index (χ1) is 8.62. The minimum absolute atomic E-state index is 0.350. The summed E-state index contributed by atoms with van der Waals surface area (Å²) in [5.74, 6) is 0.649. The van der Waals surface area contributed by atoms with Gasteiger partial charge in [0.1, 0.15) is 0 Å². The van der Waals surface area contributed by atoms with Crippen molar-refractivity contribution < 1.29 is 4.74 Å². The molecule has 2 N–H and O–H groups in total. The highest BCUT2D eigenvalue weighted by Crippen LogP contribution is 2.30. The van der Waals surface area contributed by atoms with Crippen LogP contribution in [-0.4, -0.2) is 31.2 Å². The Balaban J connectivity index is 1.94. The zero-order valence-corrected chi connectivity index (χ0v) is 11.5. The minimum Gasteiger partial charge on any atom is -0.481 e. The molecule has 0 aromatic carbocycles. The van der Waals surface area contributed by atoms with Gasteiger partial charge in [-0.25, -0.2) is 4.98 Å². The van der Waals surface area contributed by atoms with E-state index in [1.807, 2.05) is 12.1 Å². The van der Waals surface area contributed by atoms with Crippen molar-refractivity contribution in [1.82, 2.24) is 10.3 Å². The van der Waals surface area contributed by atoms with Crippen LogP contribution in [0.3, 0.4) is 0 Å². The van der Waals surface area contributed by atoms with Gasteiger partial charge in [-0.2, -0.15) is 0 Å². The highest BCUT2D eigenvalue weighted by atomic mass is 16.5. The standard InChI is InChI=1S/C14H23N3O/c1-14(2)6-4-7-15-12(14)10-17-11-5-8-16-13(9-11)18-3/h5,8-9,12,15H,4,6-7,10H2,1-3H3,(H,16,17). The van der Waals surface area contributed by atoms with Gasteiger partial charge in [0, 0.05) is 30.5 Å². The number of piperidine rings is 1. The predicted octanol–water partition coefficient (Wildman–Crippen LogP) is 2.28. The van der Waals surface area contributed by atoms with Gasteiger partial charge in [0.2, 0.25) is 5.88 Å². The third kappa shape index (κ3) is 3.13. The molecule has 0 saturated carbocycles. The molecule has 0 radical (unpaired) electrons. The van der Waals surface area contributed by atoms with E-state index in [9.17, 15) is 0 Å². The highest BCUT2D eigenvalue weighted by Gasteiger charge is 2.31. The molecular formula is C14H23N3O. The predicted molar refractivity (Wildman–Crippen MR) is 74.1 cm³/mol. The summed E-state index contributed by atoms with van der Waals surface area (Å²) in [4.78, 5) is 4.10. The summed E-state index contributed by atoms with van der Waals surface area (Å²) in [5, 5.41) is 7.06. The molecule has 100 valence electrons. The van der Waals surface area contributed by atoms with Crippen molar-refractivity contribution in [2.75, 3.05) is 25.5 Å². The molecule has 1 fully saturated rings. The average molecular weight is 249 g/mol. The van der Waals surface area contributed by atoms with E-state index in [-0.39, 0.29) is 0 Å². The number of nitrogens with zero attached hydrogens (tertiary/aromatic N) is 1. The number of anilines is 1. The largest absolute Gasteiger partial charge is 0.481 e. The topological polar surface area (TPSA) is 46.2 Å². The van der Waals surface area contributed by atoms with Crippen LogP contribution >= 0.6 is 0 Å². The summed E-state index contributed by atoms with van der Waals surface area (Å²) < 4.78 is 5.12. The van der Waals surface area contributed by atoms with E-state index in [0.717, 1.165) is 18.8 Å². The van der Waals surface area contributed by atoms with Crippen LogP contribution in [0.4, 0.5) is 5.69 Å². The van der Waals surface area contributed by atoms with Crippen molar-refractivity contribution in [1.29, 1.82) is 0 Å². The third-order valence-electron chi connectivity index (χ3n) is 3.79. The normalized spacial score (nSPS) is 22.5. The van der Waals surface area contributed by atoms with Crippen molar-refractivity contribution in [3.8, 4) is 5.88 Å². The molecule has 1 aliphatic rings. The van der Waals surface area contributed by atoms with Crippen molar-refractivity contribution >= 4 is 5.69 Å². The molecule has 0 aliphatic carbocycles. The molecule has 1 aliphatic heterocycles. The van der Waals surface area contributed by atoms with Gasteiger partial charge in [0.15, 0.2) is 0 Å². The lowest BCUT2D eigenvalue weighted by atomic mass is 9.77. The summed E-state index contributed by atoms with van der Waals surface area (Å²) >= 11 is 0. The fourth-order valence-corrected chi connectivity index (χ4v) is 2.47. The van der Waals surface area contributed by atoms with Crippen LogP contribution in [0.2, 0.25) is 0 Å². The monoisotopic (exact) mass is 249 g/mol. The Morgan fingerprint density at radius 3 is 3.11 bits per heavy atom. The molecule has 4 nitrogen and oxygen atoms in total. The van der Waals surface area contributed by atoms with Gasteiger partial charge in [-0.05, 0) is 30.9 Å². The van der Waals surface area contributed by atoms with Gasteiger partial charge in [-0.15, -0.1) is 0 Å². The zero-order valence-electron chi connectivity index (χ0n) is 11.5. The molecule has 1 aromatic rings. The Morgan fingerprint density at radius 2 is 2.39 bits per heavy atom. The van der Waals surface area contributed by atoms with Crippen LogP contribution in [0.1, 0.15) is 26.7 Å². The zero-order chi connectivity index (χ0) is 13.0. The second kappa shape index (κ2) is 5.57. The molecule has 1 aromatic heterocycles. The molecular weight excluding hydrogens is 226 g/mol. The second-order valence-corrected chi connectivity index (χ2v) is 5.57. The van der Waals surface area contributed by atoms with Crippen LogP contribution in [0.15, 0.2) is 18.3 Å². The number of pyridine rings is 1. The van der Waals surface area contributed by atoms with Gasteiger partial charge < -0.3 is 15.4 Å². The number of ether oxygens (including phenoxy) is 1. The molecule has 1 unspecified atom stereocenters.